The molecule has 0 aliphatic rings. The minimum absolute atomic E-state index is 0.106. The molecule has 20 heavy (non-hydrogen) atoms. The highest BCUT2D eigenvalue weighted by Crippen LogP contribution is 2.26. The van der Waals surface area contributed by atoms with Crippen LogP contribution in [0.25, 0.3) is 0 Å². The fraction of sp³-hybridized carbons (Fsp3) is 0.267. The zero-order valence-corrected chi connectivity index (χ0v) is 11.5. The maximum atomic E-state index is 11.6. The SMILES string of the molecule is CCCn1cc(Oc2cc(C#N)ccc2C(C)=O)cn1. The van der Waals surface area contributed by atoms with Gasteiger partial charge in [-0.1, -0.05) is 6.92 Å². The first-order valence-electron chi connectivity index (χ1n) is 6.39. The van der Waals surface area contributed by atoms with E-state index in [0.717, 1.165) is 13.0 Å². The second-order valence-electron chi connectivity index (χ2n) is 4.42. The number of rotatable bonds is 5. The summed E-state index contributed by atoms with van der Waals surface area (Å²) in [4.78, 5) is 11.6. The molecule has 0 amide bonds. The fourth-order valence-electron chi connectivity index (χ4n) is 1.84. The maximum Gasteiger partial charge on any atom is 0.165 e. The molecule has 1 aromatic heterocycles. The summed E-state index contributed by atoms with van der Waals surface area (Å²) in [5.74, 6) is 0.828. The smallest absolute Gasteiger partial charge is 0.165 e. The van der Waals surface area contributed by atoms with Crippen LogP contribution >= 0.6 is 0 Å². The van der Waals surface area contributed by atoms with E-state index in [1.807, 2.05) is 6.07 Å². The van der Waals surface area contributed by atoms with Crippen molar-refractivity contribution < 1.29 is 9.53 Å². The second kappa shape index (κ2) is 6.02. The Morgan fingerprint density at radius 3 is 2.95 bits per heavy atom. The monoisotopic (exact) mass is 269 g/mol. The van der Waals surface area contributed by atoms with Gasteiger partial charge >= 0.3 is 0 Å². The van der Waals surface area contributed by atoms with E-state index < -0.39 is 0 Å². The Morgan fingerprint density at radius 2 is 2.30 bits per heavy atom. The molecule has 0 saturated heterocycles. The van der Waals surface area contributed by atoms with Crippen LogP contribution in [0.3, 0.4) is 0 Å². The minimum atomic E-state index is -0.106. The lowest BCUT2D eigenvalue weighted by Gasteiger charge is -2.07. The first-order chi connectivity index (χ1) is 9.63. The first-order valence-corrected chi connectivity index (χ1v) is 6.39. The Kier molecular flexibility index (Phi) is 4.16. The largest absolute Gasteiger partial charge is 0.453 e. The molecule has 0 fully saturated rings. The number of carbonyl (C=O) groups excluding carboxylic acids is 1. The Bertz CT molecular complexity index is 668. The highest BCUT2D eigenvalue weighted by Gasteiger charge is 2.11. The van der Waals surface area contributed by atoms with E-state index in [4.69, 9.17) is 10.00 Å². The maximum absolute atomic E-state index is 11.6. The predicted octanol–water partition coefficient (Wildman–Crippen LogP) is 3.16. The van der Waals surface area contributed by atoms with Crippen LogP contribution in [-0.2, 0) is 6.54 Å². The van der Waals surface area contributed by atoms with Gasteiger partial charge in [0.25, 0.3) is 0 Å². The molecule has 0 radical (unpaired) electrons. The highest BCUT2D eigenvalue weighted by atomic mass is 16.5. The van der Waals surface area contributed by atoms with Gasteiger partial charge in [0.15, 0.2) is 11.5 Å². The van der Waals surface area contributed by atoms with Crippen LogP contribution in [0.4, 0.5) is 0 Å². The van der Waals surface area contributed by atoms with E-state index in [9.17, 15) is 4.79 Å². The number of Topliss-reactive ketones (excluding diaryl/α,β-unsaturated/α-hetero) is 1. The minimum Gasteiger partial charge on any atom is -0.453 e. The van der Waals surface area contributed by atoms with E-state index in [1.54, 1.807) is 35.3 Å². The molecule has 2 aromatic rings. The second-order valence-corrected chi connectivity index (χ2v) is 4.42. The summed E-state index contributed by atoms with van der Waals surface area (Å²) in [5, 5.41) is 13.1. The third-order valence-corrected chi connectivity index (χ3v) is 2.78. The number of carbonyl (C=O) groups is 1. The number of nitriles is 1. The third kappa shape index (κ3) is 3.04. The van der Waals surface area contributed by atoms with Crippen LogP contribution in [-0.4, -0.2) is 15.6 Å². The Balaban J connectivity index is 2.30. The Morgan fingerprint density at radius 1 is 1.50 bits per heavy atom. The Labute approximate surface area is 117 Å². The number of hydrogen-bond donors (Lipinski definition) is 0. The van der Waals surface area contributed by atoms with E-state index in [0.29, 0.717) is 22.6 Å². The van der Waals surface area contributed by atoms with Crippen molar-refractivity contribution in [2.45, 2.75) is 26.8 Å². The topological polar surface area (TPSA) is 67.9 Å². The van der Waals surface area contributed by atoms with Gasteiger partial charge in [0.05, 0.1) is 29.6 Å². The average molecular weight is 269 g/mol. The molecular formula is C15H15N3O2. The standard InChI is InChI=1S/C15H15N3O2/c1-3-6-18-10-13(9-17-18)20-15-7-12(8-16)4-5-14(15)11(2)19/h4-5,7,9-10H,3,6H2,1-2H3. The highest BCUT2D eigenvalue weighted by molar-refractivity contribution is 5.97. The zero-order valence-electron chi connectivity index (χ0n) is 11.5. The molecule has 0 aliphatic carbocycles. The quantitative estimate of drug-likeness (QED) is 0.782. The fourth-order valence-corrected chi connectivity index (χ4v) is 1.84. The van der Waals surface area contributed by atoms with Crippen LogP contribution in [0.1, 0.15) is 36.2 Å². The van der Waals surface area contributed by atoms with E-state index >= 15 is 0 Å². The van der Waals surface area contributed by atoms with Gasteiger partial charge in [-0.15, -0.1) is 0 Å². The van der Waals surface area contributed by atoms with Crippen molar-refractivity contribution in [2.75, 3.05) is 0 Å². The summed E-state index contributed by atoms with van der Waals surface area (Å²) >= 11 is 0. The van der Waals surface area contributed by atoms with Gasteiger partial charge in [-0.05, 0) is 31.5 Å². The molecular weight excluding hydrogens is 254 g/mol. The van der Waals surface area contributed by atoms with Gasteiger partial charge in [-0.2, -0.15) is 10.4 Å². The van der Waals surface area contributed by atoms with Crippen molar-refractivity contribution in [1.82, 2.24) is 9.78 Å². The van der Waals surface area contributed by atoms with Crippen LogP contribution < -0.4 is 4.74 Å². The van der Waals surface area contributed by atoms with Crippen molar-refractivity contribution in [3.8, 4) is 17.6 Å². The average Bonchev–Trinajstić information content (AvgIpc) is 2.86. The lowest BCUT2D eigenvalue weighted by atomic mass is 10.1. The van der Waals surface area contributed by atoms with Crippen molar-refractivity contribution in [3.05, 3.63) is 41.7 Å². The van der Waals surface area contributed by atoms with Gasteiger partial charge in [0, 0.05) is 6.54 Å². The van der Waals surface area contributed by atoms with Crippen molar-refractivity contribution in [3.63, 3.8) is 0 Å². The van der Waals surface area contributed by atoms with Gasteiger partial charge in [0.1, 0.15) is 5.75 Å². The summed E-state index contributed by atoms with van der Waals surface area (Å²) in [6.45, 7) is 4.34. The molecule has 0 N–H and O–H groups in total. The molecule has 0 aliphatic heterocycles. The molecule has 5 nitrogen and oxygen atoms in total. The molecule has 5 heteroatoms. The molecule has 0 bridgehead atoms. The number of benzene rings is 1. The number of ether oxygens (including phenoxy) is 1. The third-order valence-electron chi connectivity index (χ3n) is 2.78. The van der Waals surface area contributed by atoms with Crippen LogP contribution in [0.2, 0.25) is 0 Å². The summed E-state index contributed by atoms with van der Waals surface area (Å²) in [7, 11) is 0. The molecule has 0 saturated carbocycles. The van der Waals surface area contributed by atoms with Crippen molar-refractivity contribution in [2.24, 2.45) is 0 Å². The number of ketones is 1. The lowest BCUT2D eigenvalue weighted by Crippen LogP contribution is -1.98. The molecule has 0 spiro atoms. The molecule has 1 heterocycles. The number of aromatic nitrogens is 2. The summed E-state index contributed by atoms with van der Waals surface area (Å²) in [5.41, 5.74) is 0.901. The number of hydrogen-bond acceptors (Lipinski definition) is 4. The van der Waals surface area contributed by atoms with E-state index in [-0.39, 0.29) is 5.78 Å². The summed E-state index contributed by atoms with van der Waals surface area (Å²) < 4.78 is 7.46. The van der Waals surface area contributed by atoms with E-state index in [1.165, 1.54) is 6.92 Å². The van der Waals surface area contributed by atoms with Crippen molar-refractivity contribution >= 4 is 5.78 Å². The molecule has 102 valence electrons. The molecule has 2 rings (SSSR count). The van der Waals surface area contributed by atoms with Crippen LogP contribution in [0.15, 0.2) is 30.6 Å². The number of nitrogens with zero attached hydrogens (tertiary/aromatic N) is 3. The first kappa shape index (κ1) is 13.8. The van der Waals surface area contributed by atoms with Crippen molar-refractivity contribution in [1.29, 1.82) is 5.26 Å². The van der Waals surface area contributed by atoms with Crippen LogP contribution in [0.5, 0.6) is 11.5 Å². The lowest BCUT2D eigenvalue weighted by molar-refractivity contribution is 0.101. The van der Waals surface area contributed by atoms with Gasteiger partial charge < -0.3 is 4.74 Å². The summed E-state index contributed by atoms with van der Waals surface area (Å²) in [6.07, 6.45) is 4.34. The molecule has 1 aromatic carbocycles. The van der Waals surface area contributed by atoms with Gasteiger partial charge in [0.2, 0.25) is 0 Å². The van der Waals surface area contributed by atoms with Gasteiger partial charge in [-0.3, -0.25) is 9.48 Å². The molecule has 0 atom stereocenters. The van der Waals surface area contributed by atoms with Gasteiger partial charge in [-0.25, -0.2) is 0 Å². The predicted molar refractivity (Wildman–Crippen MR) is 73.8 cm³/mol. The summed E-state index contributed by atoms with van der Waals surface area (Å²) in [6, 6.07) is 6.80. The Hall–Kier alpha value is -2.61. The number of aryl methyl sites for hydroxylation is 1. The zero-order chi connectivity index (χ0) is 14.5. The normalized spacial score (nSPS) is 10.1. The van der Waals surface area contributed by atoms with E-state index in [2.05, 4.69) is 12.0 Å². The molecule has 0 unspecified atom stereocenters. The van der Waals surface area contributed by atoms with Crippen LogP contribution in [0, 0.1) is 11.3 Å².